The lowest BCUT2D eigenvalue weighted by molar-refractivity contribution is -0.977. The first kappa shape index (κ1) is 25.8. The number of carbonyl (C=O) groups excluding carboxylic acids is 2. The predicted molar refractivity (Wildman–Crippen MR) is 128 cm³/mol. The SMILES string of the molecule is CC[N+]1(NC(C(N)=O)(C(C)(C)NC(=O)c2ccccc2)S(=O)(=O)c2ccccc2)CCOCC1. The number of quaternary nitrogens is 1. The molecule has 1 heterocycles. The second-order valence-electron chi connectivity index (χ2n) is 8.94. The van der Waals surface area contributed by atoms with Crippen molar-refractivity contribution in [2.75, 3.05) is 32.8 Å². The van der Waals surface area contributed by atoms with Gasteiger partial charge in [0.1, 0.15) is 13.1 Å². The Morgan fingerprint density at radius 1 is 1.00 bits per heavy atom. The van der Waals surface area contributed by atoms with E-state index in [0.717, 1.165) is 0 Å². The van der Waals surface area contributed by atoms with Gasteiger partial charge < -0.3 is 15.8 Å². The van der Waals surface area contributed by atoms with Crippen LogP contribution in [0, 0.1) is 0 Å². The first-order chi connectivity index (χ1) is 16.0. The predicted octanol–water partition coefficient (Wildman–Crippen LogP) is 1.22. The van der Waals surface area contributed by atoms with Crippen LogP contribution in [0.25, 0.3) is 0 Å². The fraction of sp³-hybridized carbons (Fsp3) is 0.417. The number of rotatable bonds is 9. The zero-order valence-corrected chi connectivity index (χ0v) is 20.6. The average molecular weight is 490 g/mol. The van der Waals surface area contributed by atoms with Crippen LogP contribution in [0.2, 0.25) is 0 Å². The van der Waals surface area contributed by atoms with Crippen molar-refractivity contribution in [3.05, 3.63) is 66.2 Å². The van der Waals surface area contributed by atoms with Crippen molar-refractivity contribution in [3.63, 3.8) is 0 Å². The maximum atomic E-state index is 14.2. The van der Waals surface area contributed by atoms with E-state index in [-0.39, 0.29) is 9.49 Å². The average Bonchev–Trinajstić information content (AvgIpc) is 2.83. The van der Waals surface area contributed by atoms with Gasteiger partial charge in [-0.2, -0.15) is 0 Å². The van der Waals surface area contributed by atoms with E-state index in [1.54, 1.807) is 48.5 Å². The van der Waals surface area contributed by atoms with Gasteiger partial charge in [0.05, 0.1) is 30.2 Å². The van der Waals surface area contributed by atoms with E-state index in [1.165, 1.54) is 26.0 Å². The molecule has 1 unspecified atom stereocenters. The molecule has 9 nitrogen and oxygen atoms in total. The van der Waals surface area contributed by atoms with Gasteiger partial charge in [0, 0.05) is 5.56 Å². The molecule has 0 aliphatic carbocycles. The minimum atomic E-state index is -4.45. The van der Waals surface area contributed by atoms with Gasteiger partial charge in [0.15, 0.2) is 0 Å². The molecular formula is C24H33N4O5S+. The number of amides is 2. The summed E-state index contributed by atoms with van der Waals surface area (Å²) in [5, 5.41) is 2.78. The molecule has 0 radical (unpaired) electrons. The number of carbonyl (C=O) groups is 2. The van der Waals surface area contributed by atoms with Crippen molar-refractivity contribution in [2.45, 2.75) is 36.1 Å². The molecule has 4 N–H and O–H groups in total. The van der Waals surface area contributed by atoms with E-state index < -0.39 is 32.1 Å². The molecule has 1 aliphatic rings. The largest absolute Gasteiger partial charge is 0.370 e. The monoisotopic (exact) mass is 489 g/mol. The third kappa shape index (κ3) is 4.58. The van der Waals surface area contributed by atoms with E-state index in [9.17, 15) is 18.0 Å². The maximum absolute atomic E-state index is 14.2. The normalized spacial score (nSPS) is 18.0. The topological polar surface area (TPSA) is 128 Å². The summed E-state index contributed by atoms with van der Waals surface area (Å²) >= 11 is 0. The highest BCUT2D eigenvalue weighted by Crippen LogP contribution is 2.35. The van der Waals surface area contributed by atoms with E-state index in [2.05, 4.69) is 10.7 Å². The Morgan fingerprint density at radius 3 is 2.03 bits per heavy atom. The highest BCUT2D eigenvalue weighted by molar-refractivity contribution is 7.93. The van der Waals surface area contributed by atoms with Crippen molar-refractivity contribution >= 4 is 21.7 Å². The molecule has 10 heteroatoms. The van der Waals surface area contributed by atoms with Crippen molar-refractivity contribution in [3.8, 4) is 0 Å². The minimum Gasteiger partial charge on any atom is -0.370 e. The number of likely N-dealkylation sites (N-methyl/N-ethyl adjacent to an activating group) is 1. The van der Waals surface area contributed by atoms with Crippen molar-refractivity contribution in [1.29, 1.82) is 0 Å². The summed E-state index contributed by atoms with van der Waals surface area (Å²) in [5.41, 5.74) is 7.78. The van der Waals surface area contributed by atoms with Gasteiger partial charge >= 0.3 is 0 Å². The molecule has 1 saturated heterocycles. The molecule has 1 fully saturated rings. The van der Waals surface area contributed by atoms with Crippen LogP contribution in [-0.4, -0.2) is 68.1 Å². The second-order valence-corrected chi connectivity index (χ2v) is 11.0. The molecule has 0 bridgehead atoms. The zero-order chi connectivity index (χ0) is 25.0. The molecule has 184 valence electrons. The van der Waals surface area contributed by atoms with Crippen LogP contribution in [0.1, 0.15) is 31.1 Å². The van der Waals surface area contributed by atoms with Gasteiger partial charge in [-0.25, -0.2) is 13.0 Å². The second kappa shape index (κ2) is 9.83. The highest BCUT2D eigenvalue weighted by atomic mass is 32.2. The van der Waals surface area contributed by atoms with Crippen LogP contribution in [0.4, 0.5) is 0 Å². The molecule has 1 aliphatic heterocycles. The van der Waals surface area contributed by atoms with Crippen molar-refractivity contribution < 1.29 is 27.3 Å². The number of primary amides is 1. The summed E-state index contributed by atoms with van der Waals surface area (Å²) in [4.78, 5) is 24.0. The Bertz CT molecular complexity index is 1120. The van der Waals surface area contributed by atoms with E-state index in [1.807, 2.05) is 6.92 Å². The molecular weight excluding hydrogens is 456 g/mol. The van der Waals surface area contributed by atoms with Gasteiger partial charge in [-0.1, -0.05) is 36.4 Å². The first-order valence-electron chi connectivity index (χ1n) is 11.2. The number of nitrogens with zero attached hydrogens (tertiary/aromatic N) is 1. The summed E-state index contributed by atoms with van der Waals surface area (Å²) in [6.45, 7) is 7.00. The third-order valence-corrected chi connectivity index (χ3v) is 8.97. The maximum Gasteiger partial charge on any atom is 0.270 e. The van der Waals surface area contributed by atoms with E-state index >= 15 is 0 Å². The van der Waals surface area contributed by atoms with Gasteiger partial charge in [-0.05, 0) is 45.0 Å². The Hall–Kier alpha value is -2.79. The molecule has 1 atom stereocenters. The Balaban J connectivity index is 2.20. The number of sulfone groups is 1. The molecule has 0 aromatic heterocycles. The van der Waals surface area contributed by atoms with Gasteiger partial charge in [0.2, 0.25) is 9.84 Å². The fourth-order valence-corrected chi connectivity index (χ4v) is 6.55. The molecule has 34 heavy (non-hydrogen) atoms. The lowest BCUT2D eigenvalue weighted by atomic mass is 9.92. The standard InChI is InChI=1S/C24H32N4O5S/c1-4-28(15-17-33-18-16-28)27-24(22(25)30,34(31,32)20-13-9-6-10-14-20)23(2,3)26-21(29)19-11-7-5-8-12-19/h5-14,27H,4,15-18H2,1-3H3,(H2-,25,26,29,30)/p+1. The van der Waals surface area contributed by atoms with Crippen molar-refractivity contribution in [1.82, 2.24) is 10.7 Å². The van der Waals surface area contributed by atoms with Crippen LogP contribution in [0.5, 0.6) is 0 Å². The number of hydrogen-bond acceptors (Lipinski definition) is 6. The summed E-state index contributed by atoms with van der Waals surface area (Å²) in [5.74, 6) is -1.63. The molecule has 2 aromatic carbocycles. The van der Waals surface area contributed by atoms with Crippen LogP contribution < -0.4 is 16.5 Å². The van der Waals surface area contributed by atoms with Gasteiger partial charge in [0.25, 0.3) is 16.7 Å². The van der Waals surface area contributed by atoms with Crippen LogP contribution in [0.3, 0.4) is 0 Å². The smallest absolute Gasteiger partial charge is 0.270 e. The quantitative estimate of drug-likeness (QED) is 0.455. The van der Waals surface area contributed by atoms with E-state index in [0.29, 0.717) is 38.4 Å². The molecule has 0 spiro atoms. The lowest BCUT2D eigenvalue weighted by Crippen LogP contribution is -2.83. The molecule has 0 saturated carbocycles. The molecule has 2 amide bonds. The Labute approximate surface area is 200 Å². The number of ether oxygens (including phenoxy) is 1. The number of nitrogens with two attached hydrogens (primary N) is 1. The van der Waals surface area contributed by atoms with Gasteiger partial charge in [-0.15, -0.1) is 5.43 Å². The first-order valence-corrected chi connectivity index (χ1v) is 12.7. The summed E-state index contributed by atoms with van der Waals surface area (Å²) < 4.78 is 34.0. The Kier molecular flexibility index (Phi) is 7.47. The number of nitrogens with one attached hydrogen (secondary N) is 2. The minimum absolute atomic E-state index is 0.0779. The highest BCUT2D eigenvalue weighted by Gasteiger charge is 2.65. The summed E-state index contributed by atoms with van der Waals surface area (Å²) in [7, 11) is -4.45. The van der Waals surface area contributed by atoms with E-state index in [4.69, 9.17) is 10.5 Å². The van der Waals surface area contributed by atoms with Gasteiger partial charge in [-0.3, -0.25) is 9.59 Å². The summed E-state index contributed by atoms with van der Waals surface area (Å²) in [6, 6.07) is 16.1. The summed E-state index contributed by atoms with van der Waals surface area (Å²) in [6.07, 6.45) is 0. The number of benzene rings is 2. The third-order valence-electron chi connectivity index (χ3n) is 6.47. The molecule has 3 rings (SSSR count). The number of morpholine rings is 1. The van der Waals surface area contributed by atoms with Crippen LogP contribution >= 0.6 is 0 Å². The Morgan fingerprint density at radius 2 is 1.53 bits per heavy atom. The lowest BCUT2D eigenvalue weighted by Gasteiger charge is -2.50. The van der Waals surface area contributed by atoms with Crippen molar-refractivity contribution in [2.24, 2.45) is 5.73 Å². The van der Waals surface area contributed by atoms with Crippen LogP contribution in [0.15, 0.2) is 65.6 Å². The molecule has 2 aromatic rings. The number of hydrogen-bond donors (Lipinski definition) is 3. The zero-order valence-electron chi connectivity index (χ0n) is 19.8. The fourth-order valence-electron chi connectivity index (χ4n) is 4.37. The van der Waals surface area contributed by atoms with Crippen LogP contribution in [-0.2, 0) is 19.4 Å².